The monoisotopic (exact) mass is 455 g/mol. The number of nitrogens with zero attached hydrogens (tertiary/aromatic N) is 2. The SMILES string of the molecule is CC(C)(C)OC(=O)/C(=C\c1ccco1)Nc1ncc(Br)nc1Cc1ccccc1. The first-order valence-electron chi connectivity index (χ1n) is 9.11. The highest BCUT2D eigenvalue weighted by atomic mass is 79.9. The molecule has 7 heteroatoms. The molecule has 1 N–H and O–H groups in total. The van der Waals surface area contributed by atoms with E-state index in [1.165, 1.54) is 0 Å². The summed E-state index contributed by atoms with van der Waals surface area (Å²) in [4.78, 5) is 21.7. The molecule has 2 heterocycles. The van der Waals surface area contributed by atoms with Crippen LogP contribution in [0.3, 0.4) is 0 Å². The van der Waals surface area contributed by atoms with E-state index in [9.17, 15) is 4.79 Å². The van der Waals surface area contributed by atoms with Crippen LogP contribution >= 0.6 is 15.9 Å². The van der Waals surface area contributed by atoms with Crippen LogP contribution in [-0.4, -0.2) is 21.5 Å². The van der Waals surface area contributed by atoms with Gasteiger partial charge in [-0.3, -0.25) is 0 Å². The number of ether oxygens (including phenoxy) is 1. The molecular weight excluding hydrogens is 434 g/mol. The minimum atomic E-state index is -0.640. The summed E-state index contributed by atoms with van der Waals surface area (Å²) in [5, 5.41) is 3.09. The van der Waals surface area contributed by atoms with Crippen molar-refractivity contribution in [2.75, 3.05) is 5.32 Å². The Hall–Kier alpha value is -2.93. The van der Waals surface area contributed by atoms with Crippen molar-refractivity contribution in [3.05, 3.63) is 82.2 Å². The van der Waals surface area contributed by atoms with Crippen LogP contribution in [0.15, 0.2) is 69.6 Å². The number of esters is 1. The van der Waals surface area contributed by atoms with Gasteiger partial charge in [-0.2, -0.15) is 0 Å². The number of aromatic nitrogens is 2. The van der Waals surface area contributed by atoms with Gasteiger partial charge < -0.3 is 14.5 Å². The predicted molar refractivity (Wildman–Crippen MR) is 115 cm³/mol. The molecule has 0 fully saturated rings. The van der Waals surface area contributed by atoms with Crippen LogP contribution in [-0.2, 0) is 16.0 Å². The summed E-state index contributed by atoms with van der Waals surface area (Å²) in [5.41, 5.74) is 1.34. The fraction of sp³-hybridized carbons (Fsp3) is 0.227. The highest BCUT2D eigenvalue weighted by molar-refractivity contribution is 9.10. The third-order valence-corrected chi connectivity index (χ3v) is 4.11. The predicted octanol–water partition coefficient (Wildman–Crippen LogP) is 5.22. The van der Waals surface area contributed by atoms with E-state index in [-0.39, 0.29) is 5.70 Å². The zero-order valence-electron chi connectivity index (χ0n) is 16.5. The molecule has 29 heavy (non-hydrogen) atoms. The summed E-state index contributed by atoms with van der Waals surface area (Å²) in [7, 11) is 0. The third-order valence-electron chi connectivity index (χ3n) is 3.73. The number of furan rings is 1. The van der Waals surface area contributed by atoms with Crippen LogP contribution in [0, 0.1) is 0 Å². The molecule has 0 unspecified atom stereocenters. The fourth-order valence-corrected chi connectivity index (χ4v) is 2.86. The van der Waals surface area contributed by atoms with Crippen LogP contribution in [0.5, 0.6) is 0 Å². The lowest BCUT2D eigenvalue weighted by Gasteiger charge is -2.21. The molecule has 0 atom stereocenters. The summed E-state index contributed by atoms with van der Waals surface area (Å²) in [6, 6.07) is 13.4. The second-order valence-corrected chi connectivity index (χ2v) is 8.16. The molecule has 0 amide bonds. The van der Waals surface area contributed by atoms with Gasteiger partial charge in [0, 0.05) is 12.5 Å². The van der Waals surface area contributed by atoms with Crippen molar-refractivity contribution in [2.24, 2.45) is 0 Å². The number of hydrogen-bond acceptors (Lipinski definition) is 6. The normalized spacial score (nSPS) is 11.9. The zero-order valence-corrected chi connectivity index (χ0v) is 18.1. The van der Waals surface area contributed by atoms with Gasteiger partial charge in [-0.15, -0.1) is 0 Å². The van der Waals surface area contributed by atoms with Gasteiger partial charge in [-0.05, 0) is 54.4 Å². The number of halogens is 1. The smallest absolute Gasteiger partial charge is 0.355 e. The average molecular weight is 456 g/mol. The van der Waals surface area contributed by atoms with Crippen molar-refractivity contribution in [1.29, 1.82) is 0 Å². The Morgan fingerprint density at radius 3 is 2.62 bits per heavy atom. The van der Waals surface area contributed by atoms with Crippen LogP contribution < -0.4 is 5.32 Å². The Bertz CT molecular complexity index is 994. The van der Waals surface area contributed by atoms with Gasteiger partial charge in [0.25, 0.3) is 0 Å². The van der Waals surface area contributed by atoms with E-state index >= 15 is 0 Å². The van der Waals surface area contributed by atoms with Crippen LogP contribution in [0.2, 0.25) is 0 Å². The molecule has 2 aromatic heterocycles. The zero-order chi connectivity index (χ0) is 20.9. The summed E-state index contributed by atoms with van der Waals surface area (Å²) < 4.78 is 11.5. The van der Waals surface area contributed by atoms with E-state index in [2.05, 4.69) is 31.2 Å². The maximum absolute atomic E-state index is 12.8. The molecule has 0 aliphatic rings. The van der Waals surface area contributed by atoms with E-state index in [4.69, 9.17) is 9.15 Å². The van der Waals surface area contributed by atoms with Gasteiger partial charge in [0.1, 0.15) is 21.7 Å². The summed E-state index contributed by atoms with van der Waals surface area (Å²) in [6.45, 7) is 5.45. The van der Waals surface area contributed by atoms with Crippen LogP contribution in [0.25, 0.3) is 6.08 Å². The standard InChI is InChI=1S/C22H22BrN3O3/c1-22(2,3)29-21(27)18(13-16-10-7-11-28-16)26-20-17(25-19(23)14-24-20)12-15-8-5-4-6-9-15/h4-11,13-14H,12H2,1-3H3,(H,24,26)/b18-13+. The van der Waals surface area contributed by atoms with Crippen molar-refractivity contribution >= 4 is 33.8 Å². The lowest BCUT2D eigenvalue weighted by molar-refractivity contribution is -0.149. The van der Waals surface area contributed by atoms with Crippen molar-refractivity contribution < 1.29 is 13.9 Å². The maximum atomic E-state index is 12.8. The summed E-state index contributed by atoms with van der Waals surface area (Å²) in [6.07, 6.45) is 5.26. The first kappa shape index (κ1) is 20.8. The lowest BCUT2D eigenvalue weighted by Crippen LogP contribution is -2.27. The maximum Gasteiger partial charge on any atom is 0.355 e. The molecule has 1 aromatic carbocycles. The van der Waals surface area contributed by atoms with Gasteiger partial charge in [0.2, 0.25) is 0 Å². The van der Waals surface area contributed by atoms with Gasteiger partial charge in [-0.25, -0.2) is 14.8 Å². The second-order valence-electron chi connectivity index (χ2n) is 7.35. The van der Waals surface area contributed by atoms with E-state index in [1.807, 2.05) is 51.1 Å². The second kappa shape index (κ2) is 9.05. The number of carbonyl (C=O) groups excluding carboxylic acids is 1. The van der Waals surface area contributed by atoms with E-state index in [0.717, 1.165) is 5.56 Å². The number of benzene rings is 1. The first-order chi connectivity index (χ1) is 13.8. The lowest BCUT2D eigenvalue weighted by atomic mass is 10.1. The number of hydrogen-bond donors (Lipinski definition) is 1. The van der Waals surface area contributed by atoms with Crippen LogP contribution in [0.1, 0.15) is 37.8 Å². The Labute approximate surface area is 178 Å². The van der Waals surface area contributed by atoms with Gasteiger partial charge in [0.15, 0.2) is 5.82 Å². The van der Waals surface area contributed by atoms with Crippen molar-refractivity contribution in [3.8, 4) is 0 Å². The summed E-state index contributed by atoms with van der Waals surface area (Å²) >= 11 is 3.37. The minimum absolute atomic E-state index is 0.209. The fourth-order valence-electron chi connectivity index (χ4n) is 2.54. The molecular formula is C22H22BrN3O3. The molecule has 0 spiro atoms. The summed E-state index contributed by atoms with van der Waals surface area (Å²) in [5.74, 6) is 0.484. The Kier molecular flexibility index (Phi) is 6.49. The Balaban J connectivity index is 1.94. The number of carbonyl (C=O) groups is 1. The molecule has 0 saturated carbocycles. The van der Waals surface area contributed by atoms with E-state index < -0.39 is 11.6 Å². The molecule has 3 rings (SSSR count). The largest absolute Gasteiger partial charge is 0.465 e. The Morgan fingerprint density at radius 1 is 1.21 bits per heavy atom. The number of anilines is 1. The minimum Gasteiger partial charge on any atom is -0.465 e. The molecule has 3 aromatic rings. The van der Waals surface area contributed by atoms with E-state index in [0.29, 0.717) is 28.3 Å². The third kappa shape index (κ3) is 6.29. The first-order valence-corrected chi connectivity index (χ1v) is 9.90. The van der Waals surface area contributed by atoms with Gasteiger partial charge >= 0.3 is 5.97 Å². The van der Waals surface area contributed by atoms with E-state index in [1.54, 1.807) is 30.7 Å². The molecule has 0 saturated heterocycles. The Morgan fingerprint density at radius 2 is 1.97 bits per heavy atom. The molecule has 0 aliphatic heterocycles. The quantitative estimate of drug-likeness (QED) is 0.405. The average Bonchev–Trinajstić information content (AvgIpc) is 3.16. The van der Waals surface area contributed by atoms with Crippen molar-refractivity contribution in [1.82, 2.24) is 9.97 Å². The van der Waals surface area contributed by atoms with Gasteiger partial charge in [0.05, 0.1) is 18.2 Å². The molecule has 0 bridgehead atoms. The van der Waals surface area contributed by atoms with Crippen molar-refractivity contribution in [2.45, 2.75) is 32.8 Å². The molecule has 150 valence electrons. The van der Waals surface area contributed by atoms with Crippen LogP contribution in [0.4, 0.5) is 5.82 Å². The highest BCUT2D eigenvalue weighted by Crippen LogP contribution is 2.22. The highest BCUT2D eigenvalue weighted by Gasteiger charge is 2.22. The van der Waals surface area contributed by atoms with Crippen molar-refractivity contribution in [3.63, 3.8) is 0 Å². The number of nitrogens with one attached hydrogen (secondary N) is 1. The van der Waals surface area contributed by atoms with Gasteiger partial charge in [-0.1, -0.05) is 30.3 Å². The number of rotatable bonds is 6. The molecule has 0 aliphatic carbocycles. The topological polar surface area (TPSA) is 77.2 Å². The molecule has 6 nitrogen and oxygen atoms in total. The molecule has 0 radical (unpaired) electrons.